The highest BCUT2D eigenvalue weighted by molar-refractivity contribution is 6.42. The van der Waals surface area contributed by atoms with E-state index in [1.165, 1.54) is 19.2 Å². The lowest BCUT2D eigenvalue weighted by atomic mass is 9.84. The summed E-state index contributed by atoms with van der Waals surface area (Å²) in [7, 11) is 1.18. The van der Waals surface area contributed by atoms with E-state index in [9.17, 15) is 31.1 Å². The van der Waals surface area contributed by atoms with Gasteiger partial charge in [0.25, 0.3) is 5.60 Å². The first kappa shape index (κ1) is 25.1. The molecular formula is C23H13Cl2F6NO3. The van der Waals surface area contributed by atoms with Crippen molar-refractivity contribution < 1.29 is 40.7 Å². The van der Waals surface area contributed by atoms with Gasteiger partial charge in [-0.3, -0.25) is 0 Å². The largest absolute Gasteiger partial charge is 0.465 e. The van der Waals surface area contributed by atoms with E-state index in [-0.39, 0.29) is 22.9 Å². The first-order valence-electron chi connectivity index (χ1n) is 9.79. The summed E-state index contributed by atoms with van der Waals surface area (Å²) >= 11 is 11.4. The maximum absolute atomic E-state index is 14.4. The molecule has 0 bridgehead atoms. The summed E-state index contributed by atoms with van der Waals surface area (Å²) in [6.07, 6.45) is -11.2. The molecule has 1 heterocycles. The summed E-state index contributed by atoms with van der Waals surface area (Å²) in [6.45, 7) is 0. The molecule has 0 aromatic heterocycles. The molecule has 0 radical (unpaired) electrons. The molecule has 3 aromatic rings. The Hall–Kier alpha value is -2.98. The van der Waals surface area contributed by atoms with Crippen LogP contribution in [0.2, 0.25) is 10.0 Å². The number of hydrogen-bond acceptors (Lipinski definition) is 4. The van der Waals surface area contributed by atoms with Crippen LogP contribution in [0.15, 0.2) is 53.7 Å². The Bertz CT molecular complexity index is 1370. The van der Waals surface area contributed by atoms with Crippen LogP contribution in [0.5, 0.6) is 0 Å². The number of carbonyl (C=O) groups excluding carboxylic acids is 1. The minimum atomic E-state index is -5.18. The standard InChI is InChI=1S/C23H13Cl2F6NO3/c1-34-20(33)15-7-6-14(12-4-2-3-5-13(12)15)18-10-21(35-32-18,23(29,30)31)11-8-16(22(26,27)28)19(25)17(24)9-11/h2-9H,10H2,1H3. The first-order valence-corrected chi connectivity index (χ1v) is 10.5. The third kappa shape index (κ3) is 4.18. The van der Waals surface area contributed by atoms with Crippen LogP contribution in [0, 0.1) is 0 Å². The van der Waals surface area contributed by atoms with Crippen molar-refractivity contribution in [3.8, 4) is 0 Å². The van der Waals surface area contributed by atoms with E-state index in [0.717, 1.165) is 0 Å². The van der Waals surface area contributed by atoms with Crippen molar-refractivity contribution in [3.63, 3.8) is 0 Å². The van der Waals surface area contributed by atoms with Crippen molar-refractivity contribution in [1.82, 2.24) is 0 Å². The molecular weight excluding hydrogens is 523 g/mol. The molecule has 0 saturated heterocycles. The molecule has 4 nitrogen and oxygen atoms in total. The van der Waals surface area contributed by atoms with Crippen LogP contribution in [0.1, 0.15) is 33.5 Å². The van der Waals surface area contributed by atoms with Gasteiger partial charge in [0, 0.05) is 17.5 Å². The third-order valence-electron chi connectivity index (χ3n) is 5.63. The van der Waals surface area contributed by atoms with Crippen molar-refractivity contribution in [2.75, 3.05) is 7.11 Å². The van der Waals surface area contributed by atoms with Gasteiger partial charge in [-0.1, -0.05) is 58.7 Å². The smallest absolute Gasteiger partial charge is 0.435 e. The molecule has 184 valence electrons. The van der Waals surface area contributed by atoms with Crippen molar-refractivity contribution in [3.05, 3.63) is 80.8 Å². The molecule has 3 aromatic carbocycles. The van der Waals surface area contributed by atoms with Crippen LogP contribution >= 0.6 is 23.2 Å². The van der Waals surface area contributed by atoms with E-state index in [1.54, 1.807) is 24.3 Å². The zero-order chi connectivity index (χ0) is 25.8. The van der Waals surface area contributed by atoms with E-state index in [4.69, 9.17) is 32.8 Å². The lowest BCUT2D eigenvalue weighted by molar-refractivity contribution is -0.276. The third-order valence-corrected chi connectivity index (χ3v) is 6.43. The normalized spacial score (nSPS) is 18.4. The Labute approximate surface area is 204 Å². The maximum atomic E-state index is 14.4. The zero-order valence-electron chi connectivity index (χ0n) is 17.5. The van der Waals surface area contributed by atoms with Crippen LogP contribution < -0.4 is 0 Å². The van der Waals surface area contributed by atoms with Gasteiger partial charge in [0.15, 0.2) is 0 Å². The monoisotopic (exact) mass is 535 g/mol. The Morgan fingerprint density at radius 3 is 2.29 bits per heavy atom. The number of carbonyl (C=O) groups is 1. The molecule has 0 N–H and O–H groups in total. The molecule has 0 aliphatic carbocycles. The number of halogens is 8. The second-order valence-corrected chi connectivity index (χ2v) is 8.43. The quantitative estimate of drug-likeness (QED) is 0.257. The minimum absolute atomic E-state index is 0.174. The van der Waals surface area contributed by atoms with Gasteiger partial charge in [-0.25, -0.2) is 4.79 Å². The molecule has 1 aliphatic rings. The van der Waals surface area contributed by atoms with Gasteiger partial charge >= 0.3 is 18.3 Å². The number of esters is 1. The van der Waals surface area contributed by atoms with Gasteiger partial charge in [-0.15, -0.1) is 0 Å². The van der Waals surface area contributed by atoms with Gasteiger partial charge < -0.3 is 9.57 Å². The molecule has 0 fully saturated rings. The second-order valence-electron chi connectivity index (χ2n) is 7.65. The number of methoxy groups -OCH3 is 1. The molecule has 0 saturated carbocycles. The molecule has 4 rings (SSSR count). The number of benzene rings is 3. The number of oxime groups is 1. The molecule has 0 spiro atoms. The topological polar surface area (TPSA) is 47.9 Å². The highest BCUT2D eigenvalue weighted by Crippen LogP contribution is 2.51. The predicted octanol–water partition coefficient (Wildman–Crippen LogP) is 7.53. The second kappa shape index (κ2) is 8.60. The number of nitrogens with zero attached hydrogens (tertiary/aromatic N) is 1. The minimum Gasteiger partial charge on any atom is -0.465 e. The van der Waals surface area contributed by atoms with Crippen LogP contribution in [0.3, 0.4) is 0 Å². The van der Waals surface area contributed by atoms with Crippen LogP contribution in [0.25, 0.3) is 10.8 Å². The summed E-state index contributed by atoms with van der Waals surface area (Å²) in [5.74, 6) is -0.655. The van der Waals surface area contributed by atoms with Crippen molar-refractivity contribution >= 4 is 45.7 Å². The van der Waals surface area contributed by atoms with Gasteiger partial charge in [0.2, 0.25) is 0 Å². The maximum Gasteiger partial charge on any atom is 0.435 e. The molecule has 1 atom stereocenters. The fraction of sp³-hybridized carbons (Fsp3) is 0.217. The lowest BCUT2D eigenvalue weighted by Gasteiger charge is -2.30. The summed E-state index contributed by atoms with van der Waals surface area (Å²) in [5, 5.41) is 2.73. The summed E-state index contributed by atoms with van der Waals surface area (Å²) < 4.78 is 88.1. The lowest BCUT2D eigenvalue weighted by Crippen LogP contribution is -2.43. The van der Waals surface area contributed by atoms with E-state index in [1.807, 2.05) is 0 Å². The number of ether oxygens (including phenoxy) is 1. The Morgan fingerprint density at radius 1 is 1.03 bits per heavy atom. The van der Waals surface area contributed by atoms with Crippen molar-refractivity contribution in [2.45, 2.75) is 24.4 Å². The van der Waals surface area contributed by atoms with Gasteiger partial charge in [-0.2, -0.15) is 26.3 Å². The average molecular weight is 536 g/mol. The fourth-order valence-corrected chi connectivity index (χ4v) is 4.35. The number of hydrogen-bond donors (Lipinski definition) is 0. The Morgan fingerprint density at radius 2 is 1.69 bits per heavy atom. The molecule has 0 amide bonds. The predicted molar refractivity (Wildman–Crippen MR) is 117 cm³/mol. The van der Waals surface area contributed by atoms with Crippen LogP contribution in [-0.2, 0) is 21.4 Å². The molecule has 1 unspecified atom stereocenters. The summed E-state index contributed by atoms with van der Waals surface area (Å²) in [6, 6.07) is 10.1. The summed E-state index contributed by atoms with van der Waals surface area (Å²) in [5.41, 5.74) is -5.49. The van der Waals surface area contributed by atoms with Gasteiger partial charge in [0.05, 0.1) is 34.0 Å². The van der Waals surface area contributed by atoms with Gasteiger partial charge in [0.1, 0.15) is 0 Å². The first-order chi connectivity index (χ1) is 16.3. The van der Waals surface area contributed by atoms with E-state index < -0.39 is 51.5 Å². The average Bonchev–Trinajstić information content (AvgIpc) is 3.25. The molecule has 12 heteroatoms. The fourth-order valence-electron chi connectivity index (χ4n) is 3.92. The van der Waals surface area contributed by atoms with Crippen LogP contribution in [-0.4, -0.2) is 25.0 Å². The molecule has 1 aliphatic heterocycles. The van der Waals surface area contributed by atoms with E-state index in [2.05, 4.69) is 5.16 Å². The highest BCUT2D eigenvalue weighted by atomic mass is 35.5. The van der Waals surface area contributed by atoms with Crippen molar-refractivity contribution in [2.24, 2.45) is 5.16 Å². The highest BCUT2D eigenvalue weighted by Gasteiger charge is 2.63. The Kier molecular flexibility index (Phi) is 6.17. The number of alkyl halides is 6. The Balaban J connectivity index is 1.86. The zero-order valence-corrected chi connectivity index (χ0v) is 19.0. The molecule has 35 heavy (non-hydrogen) atoms. The van der Waals surface area contributed by atoms with Crippen LogP contribution in [0.4, 0.5) is 26.3 Å². The SMILES string of the molecule is COC(=O)c1ccc(C2=NOC(c3cc(Cl)c(Cl)c(C(F)(F)F)c3)(C(F)(F)F)C2)c2ccccc12. The van der Waals surface area contributed by atoms with E-state index >= 15 is 0 Å². The van der Waals surface area contributed by atoms with Gasteiger partial charge in [-0.05, 0) is 29.0 Å². The number of fused-ring (bicyclic) bond motifs is 1. The summed E-state index contributed by atoms with van der Waals surface area (Å²) in [4.78, 5) is 17.0. The number of rotatable bonds is 3. The van der Waals surface area contributed by atoms with E-state index in [0.29, 0.717) is 16.8 Å². The van der Waals surface area contributed by atoms with Crippen molar-refractivity contribution in [1.29, 1.82) is 0 Å².